The van der Waals surface area contributed by atoms with Gasteiger partial charge in [0.1, 0.15) is 6.33 Å². The molecule has 0 aliphatic carbocycles. The SMILES string of the molecule is Cn1ncnc1NC(=O)CC1COCCN1. The van der Waals surface area contributed by atoms with Crippen molar-refractivity contribution in [2.45, 2.75) is 12.5 Å². The average Bonchev–Trinajstić information content (AvgIpc) is 2.66. The first-order valence-corrected chi connectivity index (χ1v) is 5.20. The Labute approximate surface area is 93.2 Å². The van der Waals surface area contributed by atoms with Crippen LogP contribution >= 0.6 is 0 Å². The molecule has 0 spiro atoms. The van der Waals surface area contributed by atoms with Crippen molar-refractivity contribution in [3.8, 4) is 0 Å². The molecule has 1 fully saturated rings. The lowest BCUT2D eigenvalue weighted by Gasteiger charge is -2.22. The first-order chi connectivity index (χ1) is 7.75. The van der Waals surface area contributed by atoms with Gasteiger partial charge in [-0.2, -0.15) is 10.1 Å². The van der Waals surface area contributed by atoms with Crippen molar-refractivity contribution in [3.63, 3.8) is 0 Å². The molecule has 1 saturated heterocycles. The largest absolute Gasteiger partial charge is 0.378 e. The van der Waals surface area contributed by atoms with E-state index in [1.54, 1.807) is 7.05 Å². The van der Waals surface area contributed by atoms with Crippen molar-refractivity contribution in [1.82, 2.24) is 20.1 Å². The van der Waals surface area contributed by atoms with E-state index in [9.17, 15) is 4.79 Å². The average molecular weight is 225 g/mol. The molecule has 7 heteroatoms. The summed E-state index contributed by atoms with van der Waals surface area (Å²) in [5.74, 6) is 0.376. The molecule has 0 bridgehead atoms. The number of rotatable bonds is 3. The second kappa shape index (κ2) is 5.04. The minimum absolute atomic E-state index is 0.0842. The topological polar surface area (TPSA) is 81.1 Å². The Balaban J connectivity index is 1.82. The number of amides is 1. The Morgan fingerprint density at radius 2 is 2.69 bits per heavy atom. The summed E-state index contributed by atoms with van der Waals surface area (Å²) < 4.78 is 6.78. The molecule has 1 atom stereocenters. The maximum atomic E-state index is 11.6. The Hall–Kier alpha value is -1.47. The van der Waals surface area contributed by atoms with Crippen molar-refractivity contribution in [3.05, 3.63) is 6.33 Å². The van der Waals surface area contributed by atoms with Gasteiger partial charge in [0.2, 0.25) is 11.9 Å². The van der Waals surface area contributed by atoms with E-state index in [-0.39, 0.29) is 11.9 Å². The molecule has 88 valence electrons. The van der Waals surface area contributed by atoms with E-state index >= 15 is 0 Å². The van der Waals surface area contributed by atoms with Gasteiger partial charge < -0.3 is 10.1 Å². The second-order valence-electron chi connectivity index (χ2n) is 3.69. The van der Waals surface area contributed by atoms with Crippen LogP contribution in [0, 0.1) is 0 Å². The molecule has 1 amide bonds. The van der Waals surface area contributed by atoms with Crippen LogP contribution in [0.3, 0.4) is 0 Å². The molecule has 2 rings (SSSR count). The van der Waals surface area contributed by atoms with Crippen LogP contribution in [0.15, 0.2) is 6.33 Å². The van der Waals surface area contributed by atoms with Gasteiger partial charge in [0.05, 0.1) is 13.2 Å². The number of anilines is 1. The van der Waals surface area contributed by atoms with E-state index in [2.05, 4.69) is 20.7 Å². The molecule has 1 unspecified atom stereocenters. The van der Waals surface area contributed by atoms with Gasteiger partial charge in [-0.25, -0.2) is 4.68 Å². The van der Waals surface area contributed by atoms with E-state index in [1.165, 1.54) is 11.0 Å². The van der Waals surface area contributed by atoms with Crippen molar-refractivity contribution in [1.29, 1.82) is 0 Å². The van der Waals surface area contributed by atoms with E-state index in [4.69, 9.17) is 4.74 Å². The maximum Gasteiger partial charge on any atom is 0.228 e. The Morgan fingerprint density at radius 1 is 1.81 bits per heavy atom. The zero-order chi connectivity index (χ0) is 11.4. The lowest BCUT2D eigenvalue weighted by molar-refractivity contribution is -0.117. The van der Waals surface area contributed by atoms with Gasteiger partial charge in [-0.1, -0.05) is 0 Å². The number of hydrogen-bond acceptors (Lipinski definition) is 5. The fourth-order valence-electron chi connectivity index (χ4n) is 1.56. The predicted octanol–water partition coefficient (Wildman–Crippen LogP) is -0.868. The highest BCUT2D eigenvalue weighted by Gasteiger charge is 2.17. The van der Waals surface area contributed by atoms with Crippen LogP contribution in [0.1, 0.15) is 6.42 Å². The molecule has 1 aliphatic rings. The number of aromatic nitrogens is 3. The van der Waals surface area contributed by atoms with Crippen LogP contribution in [-0.4, -0.2) is 46.5 Å². The first kappa shape index (κ1) is 11.0. The smallest absolute Gasteiger partial charge is 0.228 e. The van der Waals surface area contributed by atoms with E-state index < -0.39 is 0 Å². The van der Waals surface area contributed by atoms with Gasteiger partial charge in [0.15, 0.2) is 0 Å². The van der Waals surface area contributed by atoms with Gasteiger partial charge >= 0.3 is 0 Å². The van der Waals surface area contributed by atoms with E-state index in [0.717, 1.165) is 6.54 Å². The van der Waals surface area contributed by atoms with Gasteiger partial charge in [-0.15, -0.1) is 0 Å². The maximum absolute atomic E-state index is 11.6. The molecular weight excluding hydrogens is 210 g/mol. The summed E-state index contributed by atoms with van der Waals surface area (Å²) in [6, 6.07) is 0.0852. The fraction of sp³-hybridized carbons (Fsp3) is 0.667. The first-order valence-electron chi connectivity index (χ1n) is 5.20. The highest BCUT2D eigenvalue weighted by Crippen LogP contribution is 2.03. The zero-order valence-electron chi connectivity index (χ0n) is 9.14. The predicted molar refractivity (Wildman–Crippen MR) is 56.9 cm³/mol. The van der Waals surface area contributed by atoms with E-state index in [0.29, 0.717) is 25.6 Å². The van der Waals surface area contributed by atoms with Gasteiger partial charge in [0.25, 0.3) is 0 Å². The third-order valence-electron chi connectivity index (χ3n) is 2.39. The van der Waals surface area contributed by atoms with Crippen LogP contribution in [0.4, 0.5) is 5.95 Å². The molecule has 16 heavy (non-hydrogen) atoms. The molecule has 2 N–H and O–H groups in total. The molecule has 2 heterocycles. The minimum Gasteiger partial charge on any atom is -0.378 e. The number of ether oxygens (including phenoxy) is 1. The molecule has 1 aromatic rings. The molecule has 1 aromatic heterocycles. The molecular formula is C9H15N5O2. The lowest BCUT2D eigenvalue weighted by atomic mass is 10.2. The Bertz CT molecular complexity index is 359. The normalized spacial score (nSPS) is 20.7. The summed E-state index contributed by atoms with van der Waals surface area (Å²) in [6.07, 6.45) is 1.78. The van der Waals surface area contributed by atoms with Crippen LogP contribution in [0.25, 0.3) is 0 Å². The molecule has 0 saturated carbocycles. The van der Waals surface area contributed by atoms with Crippen molar-refractivity contribution in [2.24, 2.45) is 7.05 Å². The summed E-state index contributed by atoms with van der Waals surface area (Å²) in [7, 11) is 1.73. The van der Waals surface area contributed by atoms with Crippen molar-refractivity contribution < 1.29 is 9.53 Å². The monoisotopic (exact) mass is 225 g/mol. The summed E-state index contributed by atoms with van der Waals surface area (Å²) >= 11 is 0. The van der Waals surface area contributed by atoms with Crippen molar-refractivity contribution >= 4 is 11.9 Å². The van der Waals surface area contributed by atoms with Gasteiger partial charge in [-0.05, 0) is 0 Å². The number of nitrogens with zero attached hydrogens (tertiary/aromatic N) is 3. The minimum atomic E-state index is -0.0842. The quantitative estimate of drug-likeness (QED) is 0.699. The molecule has 1 aliphatic heterocycles. The lowest BCUT2D eigenvalue weighted by Crippen LogP contribution is -2.43. The molecule has 0 radical (unpaired) electrons. The molecule has 0 aromatic carbocycles. The highest BCUT2D eigenvalue weighted by atomic mass is 16.5. The summed E-state index contributed by atoms with van der Waals surface area (Å²) in [4.78, 5) is 15.6. The summed E-state index contributed by atoms with van der Waals surface area (Å²) in [6.45, 7) is 2.08. The molecule has 7 nitrogen and oxygen atoms in total. The third-order valence-corrected chi connectivity index (χ3v) is 2.39. The highest BCUT2D eigenvalue weighted by molar-refractivity contribution is 5.89. The Kier molecular flexibility index (Phi) is 3.47. The van der Waals surface area contributed by atoms with E-state index in [1.807, 2.05) is 0 Å². The summed E-state index contributed by atoms with van der Waals surface area (Å²) in [5, 5.41) is 9.77. The number of nitrogens with one attached hydrogen (secondary N) is 2. The standard InChI is InChI=1S/C9H15N5O2/c1-14-9(11-6-12-14)13-8(15)4-7-5-16-3-2-10-7/h6-7,10H,2-5H2,1H3,(H,11,12,13,15). The van der Waals surface area contributed by atoms with Gasteiger partial charge in [0, 0.05) is 26.1 Å². The zero-order valence-corrected chi connectivity index (χ0v) is 9.14. The fourth-order valence-corrected chi connectivity index (χ4v) is 1.56. The number of carbonyl (C=O) groups is 1. The Morgan fingerprint density at radius 3 is 3.31 bits per heavy atom. The van der Waals surface area contributed by atoms with Crippen LogP contribution < -0.4 is 10.6 Å². The number of aryl methyl sites for hydroxylation is 1. The van der Waals surface area contributed by atoms with Gasteiger partial charge in [-0.3, -0.25) is 10.1 Å². The summed E-state index contributed by atoms with van der Waals surface area (Å²) in [5.41, 5.74) is 0. The number of morpholine rings is 1. The third kappa shape index (κ3) is 2.77. The van der Waals surface area contributed by atoms with Crippen molar-refractivity contribution in [2.75, 3.05) is 25.1 Å². The number of hydrogen-bond donors (Lipinski definition) is 2. The van der Waals surface area contributed by atoms with Crippen LogP contribution in [0.5, 0.6) is 0 Å². The van der Waals surface area contributed by atoms with Crippen LogP contribution in [0.2, 0.25) is 0 Å². The second-order valence-corrected chi connectivity index (χ2v) is 3.69. The van der Waals surface area contributed by atoms with Crippen LogP contribution in [-0.2, 0) is 16.6 Å². The number of carbonyl (C=O) groups excluding carboxylic acids is 1.